The summed E-state index contributed by atoms with van der Waals surface area (Å²) in [7, 11) is 0. The highest BCUT2D eigenvalue weighted by Crippen LogP contribution is 2.11. The second kappa shape index (κ2) is 5.65. The molecule has 0 aliphatic heterocycles. The monoisotopic (exact) mass is 256 g/mol. The van der Waals surface area contributed by atoms with Gasteiger partial charge in [-0.2, -0.15) is 0 Å². The predicted octanol–water partition coefficient (Wildman–Crippen LogP) is 4.11. The third-order valence-electron chi connectivity index (χ3n) is 2.62. The lowest BCUT2D eigenvalue weighted by Gasteiger charge is -2.10. The van der Waals surface area contributed by atoms with E-state index in [1.54, 1.807) is 0 Å². The molecule has 2 nitrogen and oxygen atoms in total. The van der Waals surface area contributed by atoms with E-state index < -0.39 is 0 Å². The van der Waals surface area contributed by atoms with Gasteiger partial charge in [-0.3, -0.25) is 0 Å². The molecule has 0 aliphatic rings. The van der Waals surface area contributed by atoms with E-state index >= 15 is 0 Å². The molecule has 0 fully saturated rings. The Bertz CT molecular complexity index is 480. The van der Waals surface area contributed by atoms with Crippen molar-refractivity contribution in [2.45, 2.75) is 13.8 Å². The van der Waals surface area contributed by atoms with Crippen LogP contribution in [0.2, 0.25) is 0 Å². The number of hydrogen-bond acceptors (Lipinski definition) is 1. The van der Waals surface area contributed by atoms with Crippen LogP contribution in [0.1, 0.15) is 11.1 Å². The molecule has 0 heterocycles. The molecule has 2 N–H and O–H groups in total. The zero-order chi connectivity index (χ0) is 13.0. The molecule has 0 unspecified atom stereocenters. The maximum absolute atomic E-state index is 5.26. The molecule has 0 radical (unpaired) electrons. The summed E-state index contributed by atoms with van der Waals surface area (Å²) < 4.78 is 0. The van der Waals surface area contributed by atoms with E-state index in [1.807, 2.05) is 24.3 Å². The molecule has 0 amide bonds. The summed E-state index contributed by atoms with van der Waals surface area (Å²) in [5.74, 6) is 0. The van der Waals surface area contributed by atoms with Crippen molar-refractivity contribution >= 4 is 28.7 Å². The molecule has 2 aromatic carbocycles. The summed E-state index contributed by atoms with van der Waals surface area (Å²) in [5, 5.41) is 6.90. The number of benzene rings is 2. The van der Waals surface area contributed by atoms with Crippen LogP contribution in [0.25, 0.3) is 0 Å². The van der Waals surface area contributed by atoms with E-state index in [-0.39, 0.29) is 0 Å². The van der Waals surface area contributed by atoms with Crippen LogP contribution in [-0.2, 0) is 0 Å². The Balaban J connectivity index is 1.96. The van der Waals surface area contributed by atoms with Gasteiger partial charge in [0.2, 0.25) is 0 Å². The van der Waals surface area contributed by atoms with Crippen molar-refractivity contribution in [2.75, 3.05) is 10.6 Å². The second-order valence-corrected chi connectivity index (χ2v) is 4.72. The predicted molar refractivity (Wildman–Crippen MR) is 82.2 cm³/mol. The maximum Gasteiger partial charge on any atom is 0.175 e. The Morgan fingerprint density at radius 2 is 1.06 bits per heavy atom. The maximum atomic E-state index is 5.26. The Morgan fingerprint density at radius 1 is 0.722 bits per heavy atom. The third kappa shape index (κ3) is 3.57. The fraction of sp³-hybridized carbons (Fsp3) is 0.133. The van der Waals surface area contributed by atoms with Crippen molar-refractivity contribution in [3.05, 3.63) is 59.7 Å². The molecule has 0 atom stereocenters. The minimum Gasteiger partial charge on any atom is -0.332 e. The summed E-state index contributed by atoms with van der Waals surface area (Å²) in [6.07, 6.45) is 0. The Kier molecular flexibility index (Phi) is 3.95. The van der Waals surface area contributed by atoms with Gasteiger partial charge in [0.1, 0.15) is 0 Å². The zero-order valence-corrected chi connectivity index (χ0v) is 11.3. The largest absolute Gasteiger partial charge is 0.332 e. The Hall–Kier alpha value is -1.87. The summed E-state index contributed by atoms with van der Waals surface area (Å²) in [4.78, 5) is 0. The summed E-state index contributed by atoms with van der Waals surface area (Å²) in [6.45, 7) is 4.12. The summed E-state index contributed by atoms with van der Waals surface area (Å²) in [5.41, 5.74) is 4.45. The first-order valence-corrected chi connectivity index (χ1v) is 6.26. The van der Waals surface area contributed by atoms with Crippen LogP contribution in [0.4, 0.5) is 11.4 Å². The van der Waals surface area contributed by atoms with Gasteiger partial charge in [0, 0.05) is 11.4 Å². The third-order valence-corrected chi connectivity index (χ3v) is 2.82. The Morgan fingerprint density at radius 3 is 1.39 bits per heavy atom. The van der Waals surface area contributed by atoms with Gasteiger partial charge in [-0.15, -0.1) is 0 Å². The zero-order valence-electron chi connectivity index (χ0n) is 10.5. The molecule has 18 heavy (non-hydrogen) atoms. The highest BCUT2D eigenvalue weighted by molar-refractivity contribution is 7.80. The molecule has 0 spiro atoms. The highest BCUT2D eigenvalue weighted by Gasteiger charge is 1.98. The molecule has 0 aliphatic carbocycles. The molecule has 2 aromatic rings. The molecule has 92 valence electrons. The van der Waals surface area contributed by atoms with Crippen LogP contribution in [0, 0.1) is 13.8 Å². The highest BCUT2D eigenvalue weighted by atomic mass is 32.1. The van der Waals surface area contributed by atoms with Crippen LogP contribution in [0.3, 0.4) is 0 Å². The molecular formula is C15H16N2S. The SMILES string of the molecule is Cc1ccc(NC(=S)Nc2ccc(C)cc2)cc1. The lowest BCUT2D eigenvalue weighted by molar-refractivity contribution is 1.46. The van der Waals surface area contributed by atoms with E-state index in [1.165, 1.54) is 11.1 Å². The number of nitrogens with one attached hydrogen (secondary N) is 2. The van der Waals surface area contributed by atoms with Gasteiger partial charge in [-0.05, 0) is 50.3 Å². The molecule has 3 heteroatoms. The smallest absolute Gasteiger partial charge is 0.175 e. The summed E-state index contributed by atoms with van der Waals surface area (Å²) in [6, 6.07) is 16.3. The molecule has 0 saturated heterocycles. The number of anilines is 2. The average Bonchev–Trinajstić information content (AvgIpc) is 2.35. The molecule has 0 bridgehead atoms. The van der Waals surface area contributed by atoms with Gasteiger partial charge in [0.15, 0.2) is 5.11 Å². The van der Waals surface area contributed by atoms with Crippen molar-refractivity contribution in [2.24, 2.45) is 0 Å². The fourth-order valence-electron chi connectivity index (χ4n) is 1.57. The van der Waals surface area contributed by atoms with E-state index in [2.05, 4.69) is 48.7 Å². The second-order valence-electron chi connectivity index (χ2n) is 4.31. The first-order chi connectivity index (χ1) is 8.63. The minimum absolute atomic E-state index is 0.600. The van der Waals surface area contributed by atoms with Crippen molar-refractivity contribution < 1.29 is 0 Å². The number of hydrogen-bond donors (Lipinski definition) is 2. The molecular weight excluding hydrogens is 240 g/mol. The van der Waals surface area contributed by atoms with Gasteiger partial charge < -0.3 is 10.6 Å². The molecule has 0 saturated carbocycles. The van der Waals surface area contributed by atoms with Gasteiger partial charge in [0.05, 0.1) is 0 Å². The van der Waals surface area contributed by atoms with Crippen LogP contribution in [0.5, 0.6) is 0 Å². The Labute approximate surface area is 113 Å². The van der Waals surface area contributed by atoms with E-state index in [0.29, 0.717) is 5.11 Å². The van der Waals surface area contributed by atoms with Crippen LogP contribution >= 0.6 is 12.2 Å². The van der Waals surface area contributed by atoms with Gasteiger partial charge in [-0.1, -0.05) is 35.4 Å². The number of thiocarbonyl (C=S) groups is 1. The topological polar surface area (TPSA) is 24.1 Å². The van der Waals surface area contributed by atoms with Gasteiger partial charge >= 0.3 is 0 Å². The van der Waals surface area contributed by atoms with Crippen LogP contribution < -0.4 is 10.6 Å². The van der Waals surface area contributed by atoms with Gasteiger partial charge in [-0.25, -0.2) is 0 Å². The quantitative estimate of drug-likeness (QED) is 0.791. The van der Waals surface area contributed by atoms with E-state index in [0.717, 1.165) is 11.4 Å². The van der Waals surface area contributed by atoms with Crippen LogP contribution in [0.15, 0.2) is 48.5 Å². The molecule has 0 aromatic heterocycles. The lowest BCUT2D eigenvalue weighted by Crippen LogP contribution is -2.18. The minimum atomic E-state index is 0.600. The fourth-order valence-corrected chi connectivity index (χ4v) is 1.80. The first kappa shape index (κ1) is 12.6. The van der Waals surface area contributed by atoms with Gasteiger partial charge in [0.25, 0.3) is 0 Å². The number of aryl methyl sites for hydroxylation is 2. The van der Waals surface area contributed by atoms with Crippen LogP contribution in [-0.4, -0.2) is 5.11 Å². The number of rotatable bonds is 2. The van der Waals surface area contributed by atoms with E-state index in [9.17, 15) is 0 Å². The summed E-state index contributed by atoms with van der Waals surface area (Å²) >= 11 is 5.26. The standard InChI is InChI=1S/C15H16N2S/c1-11-3-7-13(8-4-11)16-15(18)17-14-9-5-12(2)6-10-14/h3-10H,1-2H3,(H2,16,17,18). The van der Waals surface area contributed by atoms with E-state index in [4.69, 9.17) is 12.2 Å². The lowest BCUT2D eigenvalue weighted by atomic mass is 10.2. The van der Waals surface area contributed by atoms with Crippen molar-refractivity contribution in [1.29, 1.82) is 0 Å². The van der Waals surface area contributed by atoms with Crippen molar-refractivity contribution in [3.8, 4) is 0 Å². The average molecular weight is 256 g/mol. The first-order valence-electron chi connectivity index (χ1n) is 5.85. The van der Waals surface area contributed by atoms with Crippen molar-refractivity contribution in [1.82, 2.24) is 0 Å². The van der Waals surface area contributed by atoms with Crippen molar-refractivity contribution in [3.63, 3.8) is 0 Å². The normalized spacial score (nSPS) is 9.89. The molecule has 2 rings (SSSR count).